The van der Waals surface area contributed by atoms with Gasteiger partial charge in [0.05, 0.1) is 15.9 Å². The molecule has 0 N–H and O–H groups in total. The van der Waals surface area contributed by atoms with E-state index in [9.17, 15) is 39.4 Å². The van der Waals surface area contributed by atoms with Crippen LogP contribution in [-0.2, 0) is 42.9 Å². The van der Waals surface area contributed by atoms with Gasteiger partial charge in [0.1, 0.15) is 12.7 Å². The van der Waals surface area contributed by atoms with Gasteiger partial charge in [-0.15, -0.1) is 0 Å². The van der Waals surface area contributed by atoms with Gasteiger partial charge in [-0.25, -0.2) is 0 Å². The van der Waals surface area contributed by atoms with E-state index in [2.05, 4.69) is 0 Å². The summed E-state index contributed by atoms with van der Waals surface area (Å²) in [6, 6.07) is 1.67. The van der Waals surface area contributed by atoms with Crippen molar-refractivity contribution in [2.45, 2.75) is 65.3 Å². The smallest absolute Gasteiger partial charge is 0.318 e. The van der Waals surface area contributed by atoms with Gasteiger partial charge in [-0.05, 0) is 6.92 Å². The molecule has 0 radical (unpaired) electrons. The molecule has 1 heterocycles. The van der Waals surface area contributed by atoms with Crippen LogP contribution in [0.2, 0.25) is 0 Å². The Bertz CT molecular complexity index is 1100. The monoisotopic (exact) mass is 528 g/mol. The summed E-state index contributed by atoms with van der Waals surface area (Å²) >= 11 is 0. The van der Waals surface area contributed by atoms with Gasteiger partial charge < -0.3 is 28.4 Å². The van der Waals surface area contributed by atoms with Gasteiger partial charge in [0.15, 0.2) is 12.2 Å². The van der Waals surface area contributed by atoms with Gasteiger partial charge in [0.2, 0.25) is 18.1 Å². The zero-order valence-corrected chi connectivity index (χ0v) is 20.4. The maximum atomic E-state index is 11.9. The first kappa shape index (κ1) is 28.9. The summed E-state index contributed by atoms with van der Waals surface area (Å²) in [6.07, 6.45) is -7.78. The van der Waals surface area contributed by atoms with Gasteiger partial charge >= 0.3 is 29.6 Å². The molecule has 16 heteroatoms. The van der Waals surface area contributed by atoms with E-state index in [0.717, 1.165) is 33.8 Å². The molecule has 2 rings (SSSR count). The van der Waals surface area contributed by atoms with Crippen LogP contribution in [-0.4, -0.2) is 71.0 Å². The van der Waals surface area contributed by atoms with Gasteiger partial charge in [-0.2, -0.15) is 0 Å². The Kier molecular flexibility index (Phi) is 9.42. The number of benzene rings is 1. The number of carbonyl (C=O) groups excluding carboxylic acids is 4. The fraction of sp³-hybridized carbons (Fsp3) is 0.524. The second-order valence-corrected chi connectivity index (χ2v) is 7.81. The Morgan fingerprint density at radius 2 is 1.38 bits per heavy atom. The first-order chi connectivity index (χ1) is 17.2. The first-order valence-corrected chi connectivity index (χ1v) is 10.6. The second kappa shape index (κ2) is 12.1. The molecule has 0 aromatic heterocycles. The maximum absolute atomic E-state index is 11.9. The summed E-state index contributed by atoms with van der Waals surface area (Å²) in [5.41, 5.74) is -1.44. The third kappa shape index (κ3) is 7.57. The average molecular weight is 528 g/mol. The van der Waals surface area contributed by atoms with Crippen molar-refractivity contribution in [1.29, 1.82) is 0 Å². The van der Waals surface area contributed by atoms with Crippen LogP contribution in [0.5, 0.6) is 5.75 Å². The van der Waals surface area contributed by atoms with Crippen molar-refractivity contribution < 1.29 is 57.4 Å². The molecular weight excluding hydrogens is 504 g/mol. The standard InChI is InChI=1S/C21H24N2O14/c1-9-6-14(22(28)29)7-15(23(30)31)17(9)37-21-20(35-13(5)27)19(34-12(4)26)18(33-11(3)25)16(36-21)8-32-10(2)24/h6-7,16,18-21H,8H2,1-5H3/t16-,18+,19+,20+,21+/m0/s1. The number of hydrogen-bond acceptors (Lipinski definition) is 14. The highest BCUT2D eigenvalue weighted by Crippen LogP contribution is 2.38. The van der Waals surface area contributed by atoms with Gasteiger partial charge in [0.25, 0.3) is 5.69 Å². The van der Waals surface area contributed by atoms with Crippen LogP contribution >= 0.6 is 0 Å². The van der Waals surface area contributed by atoms with Crippen LogP contribution in [0.1, 0.15) is 33.3 Å². The highest BCUT2D eigenvalue weighted by Gasteiger charge is 2.53. The molecule has 1 aliphatic heterocycles. The number of nitro groups is 2. The lowest BCUT2D eigenvalue weighted by atomic mass is 9.98. The number of aryl methyl sites for hydroxylation is 1. The maximum Gasteiger partial charge on any atom is 0.318 e. The molecule has 1 saturated heterocycles. The van der Waals surface area contributed by atoms with Crippen molar-refractivity contribution in [3.63, 3.8) is 0 Å². The third-order valence-corrected chi connectivity index (χ3v) is 4.83. The Morgan fingerprint density at radius 3 is 1.86 bits per heavy atom. The third-order valence-electron chi connectivity index (χ3n) is 4.83. The molecule has 1 fully saturated rings. The van der Waals surface area contributed by atoms with Gasteiger partial charge in [-0.1, -0.05) is 0 Å². The number of rotatable bonds is 9. The van der Waals surface area contributed by atoms with E-state index in [1.54, 1.807) is 0 Å². The normalized spacial score (nSPS) is 22.8. The van der Waals surface area contributed by atoms with E-state index >= 15 is 0 Å². The molecule has 16 nitrogen and oxygen atoms in total. The number of carbonyl (C=O) groups is 4. The fourth-order valence-corrected chi connectivity index (χ4v) is 3.53. The van der Waals surface area contributed by atoms with Crippen LogP contribution in [0.3, 0.4) is 0 Å². The lowest BCUT2D eigenvalue weighted by Gasteiger charge is -2.43. The largest absolute Gasteiger partial charge is 0.463 e. The molecule has 5 atom stereocenters. The molecule has 1 aliphatic rings. The second-order valence-electron chi connectivity index (χ2n) is 7.81. The van der Waals surface area contributed by atoms with Crippen LogP contribution < -0.4 is 4.74 Å². The average Bonchev–Trinajstić information content (AvgIpc) is 2.76. The SMILES string of the molecule is CC(=O)OC[C@@H]1O[C@H](Oc2c(C)cc([N+](=O)[O-])cc2[N+](=O)[O-])[C@H](OC(C)=O)[C@H](OC(C)=O)[C@@H]1OC(C)=O. The quantitative estimate of drug-likeness (QED) is 0.191. The zero-order chi connectivity index (χ0) is 28.0. The molecule has 0 aliphatic carbocycles. The minimum atomic E-state index is -1.75. The van der Waals surface area contributed by atoms with Crippen molar-refractivity contribution in [2.75, 3.05) is 6.61 Å². The molecule has 0 spiro atoms. The van der Waals surface area contributed by atoms with Crippen molar-refractivity contribution in [2.24, 2.45) is 0 Å². The number of nitro benzene ring substituents is 2. The van der Waals surface area contributed by atoms with E-state index in [1.165, 1.54) is 6.92 Å². The summed E-state index contributed by atoms with van der Waals surface area (Å²) in [6.45, 7) is 4.91. The van der Waals surface area contributed by atoms with Crippen molar-refractivity contribution in [3.8, 4) is 5.75 Å². The topological polar surface area (TPSA) is 210 Å². The fourth-order valence-electron chi connectivity index (χ4n) is 3.53. The number of non-ortho nitro benzene ring substituents is 1. The molecule has 0 saturated carbocycles. The highest BCUT2D eigenvalue weighted by atomic mass is 16.7. The van der Waals surface area contributed by atoms with Crippen LogP contribution in [0.4, 0.5) is 11.4 Å². The minimum absolute atomic E-state index is 0.0474. The van der Waals surface area contributed by atoms with Gasteiger partial charge in [0, 0.05) is 39.3 Å². The molecule has 202 valence electrons. The molecule has 37 heavy (non-hydrogen) atoms. The molecule has 1 aromatic rings. The van der Waals surface area contributed by atoms with Crippen molar-refractivity contribution in [1.82, 2.24) is 0 Å². The molecule has 0 amide bonds. The summed E-state index contributed by atoms with van der Waals surface area (Å²) in [4.78, 5) is 68.0. The minimum Gasteiger partial charge on any atom is -0.463 e. The van der Waals surface area contributed by atoms with E-state index < -0.39 is 88.2 Å². The molecular formula is C21H24N2O14. The Hall–Kier alpha value is -4.34. The van der Waals surface area contributed by atoms with Crippen molar-refractivity contribution >= 4 is 35.3 Å². The van der Waals surface area contributed by atoms with Crippen molar-refractivity contribution in [3.05, 3.63) is 37.9 Å². The predicted octanol–water partition coefficient (Wildman–Crippen LogP) is 1.27. The molecule has 0 bridgehead atoms. The lowest BCUT2D eigenvalue weighted by Crippen LogP contribution is -2.63. The Balaban J connectivity index is 2.63. The van der Waals surface area contributed by atoms with Crippen LogP contribution in [0, 0.1) is 27.2 Å². The Labute approximate surface area is 209 Å². The molecule has 1 aromatic carbocycles. The number of esters is 4. The van der Waals surface area contributed by atoms with E-state index in [1.807, 2.05) is 0 Å². The highest BCUT2D eigenvalue weighted by molar-refractivity contribution is 5.69. The van der Waals surface area contributed by atoms with E-state index in [0.29, 0.717) is 6.07 Å². The van der Waals surface area contributed by atoms with Crippen LogP contribution in [0.15, 0.2) is 12.1 Å². The Morgan fingerprint density at radius 1 is 0.838 bits per heavy atom. The van der Waals surface area contributed by atoms with E-state index in [-0.39, 0.29) is 5.56 Å². The van der Waals surface area contributed by atoms with Crippen LogP contribution in [0.25, 0.3) is 0 Å². The predicted molar refractivity (Wildman–Crippen MR) is 117 cm³/mol. The van der Waals surface area contributed by atoms with E-state index in [4.69, 9.17) is 28.4 Å². The first-order valence-electron chi connectivity index (χ1n) is 10.6. The zero-order valence-electron chi connectivity index (χ0n) is 20.4. The number of ether oxygens (including phenoxy) is 6. The summed E-state index contributed by atoms with van der Waals surface area (Å²) < 4.78 is 32.1. The number of hydrogen-bond donors (Lipinski definition) is 0. The lowest BCUT2D eigenvalue weighted by molar-refractivity contribution is -0.395. The van der Waals surface area contributed by atoms with Gasteiger partial charge in [-0.3, -0.25) is 39.4 Å². The number of nitrogens with zero attached hydrogens (tertiary/aromatic N) is 2. The summed E-state index contributed by atoms with van der Waals surface area (Å²) in [7, 11) is 0. The summed E-state index contributed by atoms with van der Waals surface area (Å²) in [5.74, 6) is -3.86. The summed E-state index contributed by atoms with van der Waals surface area (Å²) in [5, 5.41) is 22.8. The molecule has 0 unspecified atom stereocenters.